The van der Waals surface area contributed by atoms with Gasteiger partial charge in [-0.05, 0) is 17.5 Å². The molecule has 0 aliphatic heterocycles. The third-order valence-electron chi connectivity index (χ3n) is 2.64. The van der Waals surface area contributed by atoms with Crippen LogP contribution in [0.5, 0.6) is 0 Å². The van der Waals surface area contributed by atoms with E-state index in [-0.39, 0.29) is 5.56 Å². The van der Waals surface area contributed by atoms with Gasteiger partial charge in [-0.3, -0.25) is 9.59 Å². The van der Waals surface area contributed by atoms with Crippen LogP contribution in [-0.2, 0) is 4.79 Å². The van der Waals surface area contributed by atoms with Crippen LogP contribution in [0.2, 0.25) is 0 Å². The lowest BCUT2D eigenvalue weighted by Gasteiger charge is -2.06. The number of fused-ring (bicyclic) bond motifs is 1. The van der Waals surface area contributed by atoms with Crippen LogP contribution >= 0.6 is 11.8 Å². The van der Waals surface area contributed by atoms with E-state index in [2.05, 4.69) is 4.98 Å². The van der Waals surface area contributed by atoms with Gasteiger partial charge in [0.25, 0.3) is 5.56 Å². The summed E-state index contributed by atoms with van der Waals surface area (Å²) in [7, 11) is 0. The average Bonchev–Trinajstić information content (AvgIpc) is 2.36. The molecule has 18 heavy (non-hydrogen) atoms. The molecule has 2 rings (SSSR count). The minimum atomic E-state index is -0.828. The van der Waals surface area contributed by atoms with E-state index in [1.165, 1.54) is 11.8 Å². The monoisotopic (exact) mass is 263 g/mol. The molecular weight excluding hydrogens is 250 g/mol. The van der Waals surface area contributed by atoms with Crippen LogP contribution in [0, 0.1) is 5.92 Å². The van der Waals surface area contributed by atoms with Gasteiger partial charge < -0.3 is 10.1 Å². The summed E-state index contributed by atoms with van der Waals surface area (Å²) in [6.45, 7) is 1.65. The molecule has 0 aliphatic rings. The normalized spacial score (nSPS) is 12.5. The van der Waals surface area contributed by atoms with Crippen molar-refractivity contribution in [1.29, 1.82) is 0 Å². The number of hydrogen-bond donors (Lipinski definition) is 2. The van der Waals surface area contributed by atoms with Crippen LogP contribution in [0.3, 0.4) is 0 Å². The molecule has 4 nitrogen and oxygen atoms in total. The van der Waals surface area contributed by atoms with Gasteiger partial charge in [-0.2, -0.15) is 0 Å². The summed E-state index contributed by atoms with van der Waals surface area (Å²) < 4.78 is 0. The molecule has 0 radical (unpaired) electrons. The number of pyridine rings is 1. The van der Waals surface area contributed by atoms with Crippen LogP contribution in [0.15, 0.2) is 40.2 Å². The number of carbonyl (C=O) groups is 1. The lowest BCUT2D eigenvalue weighted by molar-refractivity contribution is -0.140. The second-order valence-electron chi connectivity index (χ2n) is 4.10. The molecule has 1 unspecified atom stereocenters. The molecular formula is C13H13NO3S. The first-order chi connectivity index (χ1) is 8.58. The van der Waals surface area contributed by atoms with Crippen LogP contribution < -0.4 is 5.56 Å². The lowest BCUT2D eigenvalue weighted by Crippen LogP contribution is -2.13. The van der Waals surface area contributed by atoms with Crippen molar-refractivity contribution in [2.45, 2.75) is 11.9 Å². The van der Waals surface area contributed by atoms with Crippen molar-refractivity contribution in [2.75, 3.05) is 5.75 Å². The third-order valence-corrected chi connectivity index (χ3v) is 3.84. The molecule has 2 aromatic rings. The van der Waals surface area contributed by atoms with E-state index >= 15 is 0 Å². The Hall–Kier alpha value is -1.75. The van der Waals surface area contributed by atoms with E-state index in [4.69, 9.17) is 5.11 Å². The van der Waals surface area contributed by atoms with Crippen LogP contribution in [0.4, 0.5) is 0 Å². The number of thioether (sulfide) groups is 1. The summed E-state index contributed by atoms with van der Waals surface area (Å²) in [6, 6.07) is 9.20. The van der Waals surface area contributed by atoms with E-state index in [1.54, 1.807) is 13.0 Å². The second kappa shape index (κ2) is 5.27. The Morgan fingerprint density at radius 3 is 2.89 bits per heavy atom. The molecule has 1 atom stereocenters. The molecule has 1 aromatic carbocycles. The Labute approximate surface area is 108 Å². The summed E-state index contributed by atoms with van der Waals surface area (Å²) in [5.41, 5.74) is -0.140. The van der Waals surface area contributed by atoms with E-state index in [9.17, 15) is 9.59 Å². The maximum atomic E-state index is 11.8. The summed E-state index contributed by atoms with van der Waals surface area (Å²) >= 11 is 1.35. The molecule has 0 aliphatic carbocycles. The molecule has 0 fully saturated rings. The van der Waals surface area contributed by atoms with Gasteiger partial charge >= 0.3 is 5.97 Å². The second-order valence-corrected chi connectivity index (χ2v) is 5.16. The zero-order chi connectivity index (χ0) is 13.1. The van der Waals surface area contributed by atoms with Crippen molar-refractivity contribution < 1.29 is 9.90 Å². The third kappa shape index (κ3) is 2.73. The Morgan fingerprint density at radius 2 is 2.17 bits per heavy atom. The number of carboxylic acids is 1. The van der Waals surface area contributed by atoms with Crippen molar-refractivity contribution in [2.24, 2.45) is 5.92 Å². The summed E-state index contributed by atoms with van der Waals surface area (Å²) in [6.07, 6.45) is 0. The predicted octanol–water partition coefficient (Wildman–Crippen LogP) is 2.34. The van der Waals surface area contributed by atoms with E-state index < -0.39 is 11.9 Å². The predicted molar refractivity (Wildman–Crippen MR) is 72.1 cm³/mol. The van der Waals surface area contributed by atoms with Gasteiger partial charge in [0.2, 0.25) is 0 Å². The fraction of sp³-hybridized carbons (Fsp3) is 0.231. The van der Waals surface area contributed by atoms with Crippen LogP contribution in [-0.4, -0.2) is 21.8 Å². The van der Waals surface area contributed by atoms with Crippen molar-refractivity contribution in [3.8, 4) is 0 Å². The van der Waals surface area contributed by atoms with Gasteiger partial charge in [0.05, 0.1) is 10.9 Å². The summed E-state index contributed by atoms with van der Waals surface area (Å²) in [4.78, 5) is 25.3. The quantitative estimate of drug-likeness (QED) is 0.831. The molecule has 0 amide bonds. The molecule has 0 spiro atoms. The van der Waals surface area contributed by atoms with Gasteiger partial charge in [0, 0.05) is 11.1 Å². The highest BCUT2D eigenvalue weighted by molar-refractivity contribution is 7.99. The highest BCUT2D eigenvalue weighted by atomic mass is 32.2. The molecule has 0 saturated heterocycles. The highest BCUT2D eigenvalue weighted by Crippen LogP contribution is 2.20. The summed E-state index contributed by atoms with van der Waals surface area (Å²) in [5.74, 6) is -0.834. The van der Waals surface area contributed by atoms with E-state index in [1.807, 2.05) is 24.3 Å². The number of rotatable bonds is 4. The van der Waals surface area contributed by atoms with Gasteiger partial charge in [-0.15, -0.1) is 11.8 Å². The number of aliphatic carboxylic acids is 1. The molecule has 5 heteroatoms. The first-order valence-electron chi connectivity index (χ1n) is 5.55. The molecule has 1 heterocycles. The Balaban J connectivity index is 2.25. The number of carboxylic acid groups (broad SMARTS) is 1. The molecule has 1 aromatic heterocycles. The zero-order valence-corrected chi connectivity index (χ0v) is 10.7. The Kier molecular flexibility index (Phi) is 3.72. The Morgan fingerprint density at radius 1 is 1.44 bits per heavy atom. The number of benzene rings is 1. The number of nitrogens with one attached hydrogen (secondary N) is 1. The topological polar surface area (TPSA) is 70.2 Å². The van der Waals surface area contributed by atoms with Crippen molar-refractivity contribution in [3.05, 3.63) is 40.7 Å². The van der Waals surface area contributed by atoms with E-state index in [0.29, 0.717) is 16.2 Å². The Bertz CT molecular complexity index is 635. The number of H-pyrrole nitrogens is 1. The summed E-state index contributed by atoms with van der Waals surface area (Å²) in [5, 5.41) is 11.0. The number of hydrogen-bond acceptors (Lipinski definition) is 3. The smallest absolute Gasteiger partial charge is 0.307 e. The zero-order valence-electron chi connectivity index (χ0n) is 9.84. The maximum absolute atomic E-state index is 11.8. The fourth-order valence-electron chi connectivity index (χ4n) is 1.55. The average molecular weight is 263 g/mol. The molecule has 0 bridgehead atoms. The van der Waals surface area contributed by atoms with Crippen molar-refractivity contribution >= 4 is 28.5 Å². The highest BCUT2D eigenvalue weighted by Gasteiger charge is 2.11. The minimum absolute atomic E-state index is 0.140. The first-order valence-corrected chi connectivity index (χ1v) is 6.54. The lowest BCUT2D eigenvalue weighted by atomic mass is 10.2. The first kappa shape index (κ1) is 12.7. The van der Waals surface area contributed by atoms with E-state index in [0.717, 1.165) is 5.39 Å². The van der Waals surface area contributed by atoms with Crippen LogP contribution in [0.1, 0.15) is 6.92 Å². The van der Waals surface area contributed by atoms with Crippen molar-refractivity contribution in [3.63, 3.8) is 0 Å². The number of aromatic nitrogens is 1. The maximum Gasteiger partial charge on any atom is 0.307 e. The van der Waals surface area contributed by atoms with Gasteiger partial charge in [-0.1, -0.05) is 25.1 Å². The minimum Gasteiger partial charge on any atom is -0.481 e. The standard InChI is InChI=1S/C13H13NO3S/c1-8(13(16)17)7-18-11-6-9-4-2-3-5-10(9)12(15)14-11/h2-6,8H,7H2,1H3,(H,14,15)(H,16,17). The van der Waals surface area contributed by atoms with Crippen molar-refractivity contribution in [1.82, 2.24) is 4.98 Å². The van der Waals surface area contributed by atoms with Gasteiger partial charge in [0.15, 0.2) is 0 Å². The molecule has 94 valence electrons. The molecule has 2 N–H and O–H groups in total. The number of aromatic amines is 1. The SMILES string of the molecule is CC(CSc1cc2ccccc2c(=O)[nH]1)C(=O)O. The fourth-order valence-corrected chi connectivity index (χ4v) is 2.50. The van der Waals surface area contributed by atoms with Gasteiger partial charge in [0.1, 0.15) is 0 Å². The van der Waals surface area contributed by atoms with Gasteiger partial charge in [-0.25, -0.2) is 0 Å². The largest absolute Gasteiger partial charge is 0.481 e. The van der Waals surface area contributed by atoms with Crippen LogP contribution in [0.25, 0.3) is 10.8 Å². The molecule has 0 saturated carbocycles.